The van der Waals surface area contributed by atoms with Crippen LogP contribution in [0.1, 0.15) is 11.6 Å². The van der Waals surface area contributed by atoms with Gasteiger partial charge in [0.25, 0.3) is 0 Å². The highest BCUT2D eigenvalue weighted by molar-refractivity contribution is 5.87. The molecule has 4 N–H and O–H groups in total. The maximum absolute atomic E-state index is 10.00. The van der Waals surface area contributed by atoms with Crippen LogP contribution in [-0.4, -0.2) is 28.9 Å². The molecule has 0 aliphatic carbocycles. The van der Waals surface area contributed by atoms with Crippen molar-refractivity contribution in [3.63, 3.8) is 0 Å². The number of aliphatic hydroxyl groups excluding tert-OH is 1. The van der Waals surface area contributed by atoms with Crippen LogP contribution in [0.15, 0.2) is 24.4 Å². The molecule has 4 nitrogen and oxygen atoms in total. The number of H-pyrrole nitrogens is 1. The zero-order chi connectivity index (χ0) is 10.8. The fourth-order valence-electron chi connectivity index (χ4n) is 1.76. The molecule has 2 aromatic rings. The van der Waals surface area contributed by atoms with Crippen LogP contribution in [-0.2, 0) is 0 Å². The Morgan fingerprint density at radius 1 is 1.40 bits per heavy atom. The van der Waals surface area contributed by atoms with Gasteiger partial charge in [-0.05, 0) is 19.2 Å². The lowest BCUT2D eigenvalue weighted by Gasteiger charge is -2.15. The van der Waals surface area contributed by atoms with E-state index in [1.54, 1.807) is 13.2 Å². The van der Waals surface area contributed by atoms with Crippen LogP contribution in [0.25, 0.3) is 10.9 Å². The predicted octanol–water partition coefficient (Wildman–Crippen LogP) is 1.13. The molecule has 0 saturated heterocycles. The number of hydrogen-bond donors (Lipinski definition) is 4. The molecule has 0 bridgehead atoms. The SMILES string of the molecule is CN[C@@H](CO)c1ccc2[nH]ccc2c1O. The van der Waals surface area contributed by atoms with Crippen molar-refractivity contribution in [2.24, 2.45) is 0 Å². The lowest BCUT2D eigenvalue weighted by molar-refractivity contribution is 0.248. The van der Waals surface area contributed by atoms with Crippen molar-refractivity contribution in [2.45, 2.75) is 6.04 Å². The molecule has 2 rings (SSSR count). The molecule has 1 aromatic carbocycles. The van der Waals surface area contributed by atoms with E-state index in [9.17, 15) is 5.11 Å². The summed E-state index contributed by atoms with van der Waals surface area (Å²) >= 11 is 0. The molecule has 0 saturated carbocycles. The second-order valence-electron chi connectivity index (χ2n) is 3.47. The average Bonchev–Trinajstić information content (AvgIpc) is 2.71. The van der Waals surface area contributed by atoms with Gasteiger partial charge in [0.1, 0.15) is 5.75 Å². The number of aliphatic hydroxyl groups is 1. The first kappa shape index (κ1) is 10.0. The first-order valence-corrected chi connectivity index (χ1v) is 4.85. The van der Waals surface area contributed by atoms with Crippen LogP contribution < -0.4 is 5.32 Å². The molecule has 15 heavy (non-hydrogen) atoms. The largest absolute Gasteiger partial charge is 0.507 e. The third kappa shape index (κ3) is 1.58. The number of aromatic amines is 1. The van der Waals surface area contributed by atoms with Gasteiger partial charge in [-0.25, -0.2) is 0 Å². The van der Waals surface area contributed by atoms with E-state index in [2.05, 4.69) is 10.3 Å². The van der Waals surface area contributed by atoms with E-state index in [1.807, 2.05) is 18.2 Å². The average molecular weight is 206 g/mol. The van der Waals surface area contributed by atoms with Crippen molar-refractivity contribution in [1.82, 2.24) is 10.3 Å². The zero-order valence-electron chi connectivity index (χ0n) is 8.49. The third-order valence-electron chi connectivity index (χ3n) is 2.64. The van der Waals surface area contributed by atoms with Gasteiger partial charge in [-0.3, -0.25) is 0 Å². The molecule has 0 aliphatic heterocycles. The number of aromatic hydroxyl groups is 1. The summed E-state index contributed by atoms with van der Waals surface area (Å²) in [6.45, 7) is -0.0417. The van der Waals surface area contributed by atoms with E-state index < -0.39 is 0 Å². The van der Waals surface area contributed by atoms with Gasteiger partial charge in [0.05, 0.1) is 12.6 Å². The van der Waals surface area contributed by atoms with Crippen molar-refractivity contribution in [2.75, 3.05) is 13.7 Å². The molecule has 4 heteroatoms. The van der Waals surface area contributed by atoms with Gasteiger partial charge in [0.2, 0.25) is 0 Å². The van der Waals surface area contributed by atoms with Crippen LogP contribution >= 0.6 is 0 Å². The Hall–Kier alpha value is -1.52. The summed E-state index contributed by atoms with van der Waals surface area (Å²) in [5.74, 6) is 0.224. The maximum atomic E-state index is 10.00. The van der Waals surface area contributed by atoms with Crippen molar-refractivity contribution in [1.29, 1.82) is 0 Å². The summed E-state index contributed by atoms with van der Waals surface area (Å²) in [4.78, 5) is 3.02. The lowest BCUT2D eigenvalue weighted by atomic mass is 10.0. The molecule has 1 aromatic heterocycles. The van der Waals surface area contributed by atoms with E-state index in [0.717, 1.165) is 10.9 Å². The Labute approximate surface area is 87.6 Å². The smallest absolute Gasteiger partial charge is 0.129 e. The minimum Gasteiger partial charge on any atom is -0.507 e. The molecule has 80 valence electrons. The quantitative estimate of drug-likeness (QED) is 0.608. The van der Waals surface area contributed by atoms with Gasteiger partial charge in [0, 0.05) is 22.7 Å². The molecule has 0 unspecified atom stereocenters. The number of phenolic OH excluding ortho intramolecular Hbond substituents is 1. The van der Waals surface area contributed by atoms with Crippen LogP contribution in [0.2, 0.25) is 0 Å². The first-order chi connectivity index (χ1) is 7.27. The van der Waals surface area contributed by atoms with Crippen LogP contribution in [0, 0.1) is 0 Å². The normalized spacial score (nSPS) is 13.2. The van der Waals surface area contributed by atoms with Gasteiger partial charge >= 0.3 is 0 Å². The summed E-state index contributed by atoms with van der Waals surface area (Å²) in [5.41, 5.74) is 1.61. The number of likely N-dealkylation sites (N-methyl/N-ethyl adjacent to an activating group) is 1. The zero-order valence-corrected chi connectivity index (χ0v) is 8.49. The van der Waals surface area contributed by atoms with Gasteiger partial charge in [-0.15, -0.1) is 0 Å². The van der Waals surface area contributed by atoms with Gasteiger partial charge < -0.3 is 20.5 Å². The second-order valence-corrected chi connectivity index (χ2v) is 3.47. The van der Waals surface area contributed by atoms with Crippen LogP contribution in [0.3, 0.4) is 0 Å². The van der Waals surface area contributed by atoms with E-state index in [-0.39, 0.29) is 18.4 Å². The molecule has 0 fully saturated rings. The Kier molecular flexibility index (Phi) is 2.62. The second kappa shape index (κ2) is 3.92. The number of benzene rings is 1. The molecule has 1 heterocycles. The first-order valence-electron chi connectivity index (χ1n) is 4.85. The van der Waals surface area contributed by atoms with E-state index in [0.29, 0.717) is 5.56 Å². The molecule has 0 amide bonds. The summed E-state index contributed by atoms with van der Waals surface area (Å²) in [6, 6.07) is 5.29. The Bertz CT molecular complexity index is 461. The molecule has 1 atom stereocenters. The number of nitrogens with one attached hydrogen (secondary N) is 2. The van der Waals surface area contributed by atoms with Gasteiger partial charge in [-0.2, -0.15) is 0 Å². The Morgan fingerprint density at radius 2 is 2.20 bits per heavy atom. The van der Waals surface area contributed by atoms with Crippen molar-refractivity contribution in [3.05, 3.63) is 30.0 Å². The standard InChI is InChI=1S/C11H14N2O2/c1-12-10(6-14)7-2-3-9-8(11(7)15)4-5-13-9/h2-5,10,12-15H,6H2,1H3/t10-/m0/s1. The molecule has 0 radical (unpaired) electrons. The number of fused-ring (bicyclic) bond motifs is 1. The molecule has 0 spiro atoms. The maximum Gasteiger partial charge on any atom is 0.129 e. The summed E-state index contributed by atoms with van der Waals surface area (Å²) in [7, 11) is 1.75. The third-order valence-corrected chi connectivity index (χ3v) is 2.64. The Morgan fingerprint density at radius 3 is 2.87 bits per heavy atom. The molecule has 0 aliphatic rings. The van der Waals surface area contributed by atoms with Crippen molar-refractivity contribution < 1.29 is 10.2 Å². The van der Waals surface area contributed by atoms with Crippen molar-refractivity contribution >= 4 is 10.9 Å². The topological polar surface area (TPSA) is 68.3 Å². The summed E-state index contributed by atoms with van der Waals surface area (Å²) < 4.78 is 0. The van der Waals surface area contributed by atoms with Crippen LogP contribution in [0.5, 0.6) is 5.75 Å². The number of hydrogen-bond acceptors (Lipinski definition) is 3. The minimum absolute atomic E-state index is 0.0417. The highest BCUT2D eigenvalue weighted by Crippen LogP contribution is 2.31. The number of rotatable bonds is 3. The van der Waals surface area contributed by atoms with E-state index in [1.165, 1.54) is 0 Å². The fourth-order valence-corrected chi connectivity index (χ4v) is 1.76. The number of phenols is 1. The van der Waals surface area contributed by atoms with E-state index >= 15 is 0 Å². The monoisotopic (exact) mass is 206 g/mol. The van der Waals surface area contributed by atoms with Crippen molar-refractivity contribution in [3.8, 4) is 5.75 Å². The lowest BCUT2D eigenvalue weighted by Crippen LogP contribution is -2.19. The van der Waals surface area contributed by atoms with Gasteiger partial charge in [0.15, 0.2) is 0 Å². The summed E-state index contributed by atoms with van der Waals surface area (Å²) in [5, 5.41) is 22.9. The predicted molar refractivity (Wildman–Crippen MR) is 58.9 cm³/mol. The number of aromatic nitrogens is 1. The molecular weight excluding hydrogens is 192 g/mol. The van der Waals surface area contributed by atoms with Gasteiger partial charge in [-0.1, -0.05) is 6.07 Å². The summed E-state index contributed by atoms with van der Waals surface area (Å²) in [6.07, 6.45) is 1.78. The Balaban J connectivity index is 2.56. The highest BCUT2D eigenvalue weighted by Gasteiger charge is 2.14. The molecular formula is C11H14N2O2. The van der Waals surface area contributed by atoms with E-state index in [4.69, 9.17) is 5.11 Å². The fraction of sp³-hybridized carbons (Fsp3) is 0.273. The highest BCUT2D eigenvalue weighted by atomic mass is 16.3. The minimum atomic E-state index is -0.232. The van der Waals surface area contributed by atoms with Crippen LogP contribution in [0.4, 0.5) is 0 Å².